The number of carbonyl (C=O) groups is 1. The molecule has 1 fully saturated rings. The second-order valence-corrected chi connectivity index (χ2v) is 7.56. The van der Waals surface area contributed by atoms with E-state index >= 15 is 0 Å². The zero-order valence-corrected chi connectivity index (χ0v) is 16.3. The molecule has 3 aromatic heterocycles. The number of rotatable bonds is 3. The number of benzene rings is 1. The quantitative estimate of drug-likeness (QED) is 0.566. The van der Waals surface area contributed by atoms with Gasteiger partial charge in [0.15, 0.2) is 5.60 Å². The lowest BCUT2D eigenvalue weighted by Crippen LogP contribution is -2.36. The Kier molecular flexibility index (Phi) is 3.82. The number of hydrogen-bond donors (Lipinski definition) is 2. The summed E-state index contributed by atoms with van der Waals surface area (Å²) in [6.45, 7) is 0.546. The van der Waals surface area contributed by atoms with Gasteiger partial charge in [0, 0.05) is 56.0 Å². The van der Waals surface area contributed by atoms with Crippen LogP contribution in [0, 0.1) is 0 Å². The van der Waals surface area contributed by atoms with Crippen LogP contribution in [0.3, 0.4) is 0 Å². The van der Waals surface area contributed by atoms with E-state index in [2.05, 4.69) is 15.1 Å². The topological polar surface area (TPSA) is 87.0 Å². The number of hydrogen-bond acceptors (Lipinski definition) is 4. The molecule has 1 aliphatic rings. The van der Waals surface area contributed by atoms with Gasteiger partial charge in [0.2, 0.25) is 0 Å². The van der Waals surface area contributed by atoms with Crippen LogP contribution in [0.4, 0.5) is 0 Å². The maximum atomic E-state index is 12.5. The molecule has 29 heavy (non-hydrogen) atoms. The van der Waals surface area contributed by atoms with Crippen LogP contribution >= 0.6 is 0 Å². The molecule has 1 aliphatic heterocycles. The molecule has 146 valence electrons. The third kappa shape index (κ3) is 2.66. The lowest BCUT2D eigenvalue weighted by molar-refractivity contribution is -0.143. The largest absolute Gasteiger partial charge is 0.375 e. The summed E-state index contributed by atoms with van der Waals surface area (Å²) in [6.07, 6.45) is 4.06. The maximum absolute atomic E-state index is 12.5. The standard InChI is InChI=1S/C22H21N5O2/c1-26-10-8-22(29,21(26)28)15-6-3-5-14(11-15)19-12-18(25-27(19)2)17-13-24-20-16(17)7-4-9-23-20/h3-7,9,11-13,29H,8,10H2,1-2H3,(H,23,24)/t22-/m1/s1. The van der Waals surface area contributed by atoms with Gasteiger partial charge in [0.1, 0.15) is 5.65 Å². The van der Waals surface area contributed by atoms with E-state index < -0.39 is 5.60 Å². The lowest BCUT2D eigenvalue weighted by Gasteiger charge is -2.21. The molecule has 1 saturated heterocycles. The van der Waals surface area contributed by atoms with E-state index in [-0.39, 0.29) is 5.91 Å². The van der Waals surface area contributed by atoms with Crippen molar-refractivity contribution < 1.29 is 9.90 Å². The minimum Gasteiger partial charge on any atom is -0.375 e. The van der Waals surface area contributed by atoms with Gasteiger partial charge in [-0.2, -0.15) is 5.10 Å². The van der Waals surface area contributed by atoms with Crippen LogP contribution in [0.5, 0.6) is 0 Å². The summed E-state index contributed by atoms with van der Waals surface area (Å²) in [6, 6.07) is 13.5. The van der Waals surface area contributed by atoms with E-state index in [0.717, 1.165) is 33.5 Å². The van der Waals surface area contributed by atoms with Crippen molar-refractivity contribution in [2.24, 2.45) is 7.05 Å². The minimum absolute atomic E-state index is 0.258. The number of carbonyl (C=O) groups excluding carboxylic acids is 1. The zero-order chi connectivity index (χ0) is 20.2. The third-order valence-electron chi connectivity index (χ3n) is 5.75. The van der Waals surface area contributed by atoms with Crippen molar-refractivity contribution in [1.82, 2.24) is 24.6 Å². The highest BCUT2D eigenvalue weighted by atomic mass is 16.3. The summed E-state index contributed by atoms with van der Waals surface area (Å²) in [4.78, 5) is 21.6. The molecule has 0 unspecified atom stereocenters. The molecule has 0 bridgehead atoms. The van der Waals surface area contributed by atoms with Crippen LogP contribution in [0.25, 0.3) is 33.5 Å². The average molecular weight is 387 g/mol. The highest BCUT2D eigenvalue weighted by Crippen LogP contribution is 2.35. The number of likely N-dealkylation sites (tertiary alicyclic amines) is 1. The SMILES string of the molecule is CN1CC[C@@](O)(c2cccc(-c3cc(-c4c[nH]c5ncccc45)nn3C)c2)C1=O. The van der Waals surface area contributed by atoms with Crippen molar-refractivity contribution in [3.05, 3.63) is 60.4 Å². The Balaban J connectivity index is 1.57. The van der Waals surface area contributed by atoms with Crippen molar-refractivity contribution >= 4 is 16.9 Å². The molecular formula is C22H21N5O2. The molecule has 1 aromatic carbocycles. The Hall–Kier alpha value is -3.45. The van der Waals surface area contributed by atoms with Crippen molar-refractivity contribution in [2.45, 2.75) is 12.0 Å². The first kappa shape index (κ1) is 17.6. The summed E-state index contributed by atoms with van der Waals surface area (Å²) in [5.41, 5.74) is 3.60. The molecule has 1 atom stereocenters. The first-order chi connectivity index (χ1) is 14.0. The highest BCUT2D eigenvalue weighted by Gasteiger charge is 2.45. The summed E-state index contributed by atoms with van der Waals surface area (Å²) in [7, 11) is 3.61. The van der Waals surface area contributed by atoms with E-state index in [0.29, 0.717) is 18.5 Å². The van der Waals surface area contributed by atoms with Crippen molar-refractivity contribution in [1.29, 1.82) is 0 Å². The van der Waals surface area contributed by atoms with Crippen molar-refractivity contribution in [2.75, 3.05) is 13.6 Å². The number of aromatic amines is 1. The Morgan fingerprint density at radius 1 is 1.17 bits per heavy atom. The first-order valence-electron chi connectivity index (χ1n) is 9.53. The number of aromatic nitrogens is 4. The normalized spacial score (nSPS) is 19.4. The lowest BCUT2D eigenvalue weighted by atomic mass is 9.90. The third-order valence-corrected chi connectivity index (χ3v) is 5.75. The Morgan fingerprint density at radius 3 is 2.83 bits per heavy atom. The molecule has 7 nitrogen and oxygen atoms in total. The molecule has 0 radical (unpaired) electrons. The Morgan fingerprint density at radius 2 is 2.03 bits per heavy atom. The molecule has 0 saturated carbocycles. The van der Waals surface area contributed by atoms with Gasteiger partial charge in [0.05, 0.1) is 11.4 Å². The van der Waals surface area contributed by atoms with E-state index in [4.69, 9.17) is 0 Å². The van der Waals surface area contributed by atoms with E-state index in [1.807, 2.05) is 60.4 Å². The van der Waals surface area contributed by atoms with E-state index in [1.165, 1.54) is 0 Å². The molecule has 4 aromatic rings. The molecule has 4 heterocycles. The van der Waals surface area contributed by atoms with Gasteiger partial charge in [0.25, 0.3) is 5.91 Å². The smallest absolute Gasteiger partial charge is 0.258 e. The molecule has 2 N–H and O–H groups in total. The van der Waals surface area contributed by atoms with Crippen molar-refractivity contribution in [3.8, 4) is 22.5 Å². The summed E-state index contributed by atoms with van der Waals surface area (Å²) < 4.78 is 1.82. The predicted octanol–water partition coefficient (Wildman–Crippen LogP) is 2.68. The number of nitrogens with zero attached hydrogens (tertiary/aromatic N) is 4. The number of likely N-dealkylation sites (N-methyl/N-ethyl adjacent to an activating group) is 1. The van der Waals surface area contributed by atoms with Gasteiger partial charge in [-0.25, -0.2) is 4.98 Å². The van der Waals surface area contributed by atoms with Crippen LogP contribution in [0.15, 0.2) is 54.9 Å². The number of pyridine rings is 1. The number of aliphatic hydroxyl groups is 1. The summed E-state index contributed by atoms with van der Waals surface area (Å²) in [5.74, 6) is -0.258. The van der Waals surface area contributed by atoms with Crippen LogP contribution in [-0.4, -0.2) is 49.3 Å². The average Bonchev–Trinajstić information content (AvgIpc) is 3.41. The van der Waals surface area contributed by atoms with Gasteiger partial charge in [-0.1, -0.05) is 18.2 Å². The predicted molar refractivity (Wildman–Crippen MR) is 110 cm³/mol. The number of fused-ring (bicyclic) bond motifs is 1. The Bertz CT molecular complexity index is 1240. The Labute approximate surface area is 167 Å². The fraction of sp³-hybridized carbons (Fsp3) is 0.227. The van der Waals surface area contributed by atoms with Gasteiger partial charge in [-0.15, -0.1) is 0 Å². The fourth-order valence-electron chi connectivity index (χ4n) is 4.09. The first-order valence-corrected chi connectivity index (χ1v) is 9.53. The zero-order valence-electron chi connectivity index (χ0n) is 16.3. The molecule has 0 aliphatic carbocycles. The molecular weight excluding hydrogens is 366 g/mol. The van der Waals surface area contributed by atoms with Crippen LogP contribution in [0.2, 0.25) is 0 Å². The summed E-state index contributed by atoms with van der Waals surface area (Å²) in [5, 5.41) is 16.7. The maximum Gasteiger partial charge on any atom is 0.258 e. The minimum atomic E-state index is -1.46. The van der Waals surface area contributed by atoms with Gasteiger partial charge < -0.3 is 15.0 Å². The number of H-pyrrole nitrogens is 1. The monoisotopic (exact) mass is 387 g/mol. The van der Waals surface area contributed by atoms with E-state index in [1.54, 1.807) is 18.1 Å². The molecule has 1 amide bonds. The van der Waals surface area contributed by atoms with Crippen molar-refractivity contribution in [3.63, 3.8) is 0 Å². The number of aryl methyl sites for hydroxylation is 1. The highest BCUT2D eigenvalue weighted by molar-refractivity contribution is 5.93. The second-order valence-electron chi connectivity index (χ2n) is 7.56. The van der Waals surface area contributed by atoms with Gasteiger partial charge in [-0.05, 0) is 29.8 Å². The van der Waals surface area contributed by atoms with Crippen LogP contribution < -0.4 is 0 Å². The molecule has 7 heteroatoms. The fourth-order valence-corrected chi connectivity index (χ4v) is 4.09. The van der Waals surface area contributed by atoms with Crippen LogP contribution in [-0.2, 0) is 17.4 Å². The van der Waals surface area contributed by atoms with Gasteiger partial charge in [-0.3, -0.25) is 9.48 Å². The van der Waals surface area contributed by atoms with Crippen LogP contribution in [0.1, 0.15) is 12.0 Å². The number of nitrogens with one attached hydrogen (secondary N) is 1. The molecule has 0 spiro atoms. The van der Waals surface area contributed by atoms with Gasteiger partial charge >= 0.3 is 0 Å². The summed E-state index contributed by atoms with van der Waals surface area (Å²) >= 11 is 0. The molecule has 5 rings (SSSR count). The van der Waals surface area contributed by atoms with E-state index in [9.17, 15) is 9.90 Å². The second kappa shape index (κ2) is 6.28. The number of amides is 1.